The van der Waals surface area contributed by atoms with Crippen LogP contribution in [-0.2, 0) is 13.2 Å². The average Bonchev–Trinajstić information content (AvgIpc) is 2.39. The average molecular weight is 310 g/mol. The number of pyridine rings is 1. The molecule has 94 valence electrons. The van der Waals surface area contributed by atoms with Gasteiger partial charge in [0.05, 0.1) is 6.61 Å². The molecule has 0 saturated heterocycles. The van der Waals surface area contributed by atoms with Gasteiger partial charge in [-0.2, -0.15) is 0 Å². The smallest absolute Gasteiger partial charge is 0.223 e. The molecule has 0 amide bonds. The van der Waals surface area contributed by atoms with Crippen molar-refractivity contribution in [2.45, 2.75) is 13.2 Å². The highest BCUT2D eigenvalue weighted by molar-refractivity contribution is 9.10. The Bertz CT molecular complexity index is 578. The Morgan fingerprint density at radius 2 is 2.00 bits per heavy atom. The lowest BCUT2D eigenvalue weighted by molar-refractivity contribution is 0.274. The minimum absolute atomic E-state index is 0.192. The number of hydrogen-bond acceptors (Lipinski definition) is 3. The van der Waals surface area contributed by atoms with Crippen LogP contribution in [0.5, 0.6) is 5.75 Å². The summed E-state index contributed by atoms with van der Waals surface area (Å²) in [4.78, 5) is 14.4. The number of aromatic nitrogens is 1. The van der Waals surface area contributed by atoms with Crippen LogP contribution in [0, 0.1) is 0 Å². The first kappa shape index (κ1) is 12.9. The van der Waals surface area contributed by atoms with Gasteiger partial charge in [0, 0.05) is 22.4 Å². The van der Waals surface area contributed by atoms with E-state index in [2.05, 4.69) is 20.9 Å². The van der Waals surface area contributed by atoms with Gasteiger partial charge in [-0.1, -0.05) is 28.1 Å². The third-order valence-electron chi connectivity index (χ3n) is 2.41. The quantitative estimate of drug-likeness (QED) is 0.910. The summed E-state index contributed by atoms with van der Waals surface area (Å²) in [6.07, 6.45) is 1.47. The first-order valence-electron chi connectivity index (χ1n) is 5.39. The number of hydrogen-bond donors (Lipinski definition) is 2. The van der Waals surface area contributed by atoms with E-state index in [1.54, 1.807) is 0 Å². The van der Waals surface area contributed by atoms with E-state index in [-0.39, 0.29) is 17.8 Å². The van der Waals surface area contributed by atoms with E-state index < -0.39 is 0 Å². The largest absolute Gasteiger partial charge is 0.483 e. The monoisotopic (exact) mass is 309 g/mol. The Hall–Kier alpha value is -1.59. The Balaban J connectivity index is 2.06. The molecular weight excluding hydrogens is 298 g/mol. The maximum atomic E-state index is 11.6. The number of nitrogens with one attached hydrogen (secondary N) is 1. The lowest BCUT2D eigenvalue weighted by Crippen LogP contribution is -2.09. The van der Waals surface area contributed by atoms with Crippen LogP contribution in [0.25, 0.3) is 0 Å². The van der Waals surface area contributed by atoms with Gasteiger partial charge in [0.15, 0.2) is 5.75 Å². The van der Waals surface area contributed by atoms with E-state index in [0.717, 1.165) is 10.0 Å². The Morgan fingerprint density at radius 3 is 2.61 bits per heavy atom. The second kappa shape index (κ2) is 5.84. The molecule has 0 aliphatic heterocycles. The molecule has 4 nitrogen and oxygen atoms in total. The molecule has 2 rings (SSSR count). The van der Waals surface area contributed by atoms with Gasteiger partial charge in [-0.3, -0.25) is 4.79 Å². The second-order valence-electron chi connectivity index (χ2n) is 3.76. The fourth-order valence-electron chi connectivity index (χ4n) is 1.45. The van der Waals surface area contributed by atoms with Crippen LogP contribution in [0.1, 0.15) is 11.3 Å². The number of aliphatic hydroxyl groups is 1. The molecular formula is C13H12BrNO3. The first-order valence-corrected chi connectivity index (χ1v) is 6.18. The van der Waals surface area contributed by atoms with Crippen molar-refractivity contribution in [2.24, 2.45) is 0 Å². The van der Waals surface area contributed by atoms with Gasteiger partial charge in [-0.05, 0) is 17.7 Å². The number of aromatic amines is 1. The van der Waals surface area contributed by atoms with Gasteiger partial charge in [-0.25, -0.2) is 0 Å². The summed E-state index contributed by atoms with van der Waals surface area (Å²) >= 11 is 3.35. The first-order chi connectivity index (χ1) is 8.69. The maximum absolute atomic E-state index is 11.6. The van der Waals surface area contributed by atoms with Crippen molar-refractivity contribution in [3.05, 3.63) is 62.5 Å². The molecule has 0 fully saturated rings. The molecule has 0 atom stereocenters. The van der Waals surface area contributed by atoms with E-state index in [4.69, 9.17) is 9.84 Å². The van der Waals surface area contributed by atoms with Gasteiger partial charge in [0.1, 0.15) is 6.61 Å². The van der Waals surface area contributed by atoms with Gasteiger partial charge >= 0.3 is 0 Å². The summed E-state index contributed by atoms with van der Waals surface area (Å²) < 4.78 is 6.42. The summed E-state index contributed by atoms with van der Waals surface area (Å²) in [5.41, 5.74) is 1.20. The molecule has 1 heterocycles. The summed E-state index contributed by atoms with van der Waals surface area (Å²) in [7, 11) is 0. The lowest BCUT2D eigenvalue weighted by Gasteiger charge is -2.06. The number of halogens is 1. The van der Waals surface area contributed by atoms with E-state index in [1.807, 2.05) is 24.3 Å². The fourth-order valence-corrected chi connectivity index (χ4v) is 1.71. The molecule has 1 aromatic carbocycles. The Labute approximate surface area is 112 Å². The number of aliphatic hydroxyl groups excluding tert-OH is 1. The minimum Gasteiger partial charge on any atom is -0.483 e. The molecule has 0 radical (unpaired) electrons. The summed E-state index contributed by atoms with van der Waals surface area (Å²) in [6.45, 7) is 0.136. The number of rotatable bonds is 4. The second-order valence-corrected chi connectivity index (χ2v) is 4.68. The van der Waals surface area contributed by atoms with Crippen molar-refractivity contribution < 1.29 is 9.84 Å². The molecule has 0 aliphatic carbocycles. The van der Waals surface area contributed by atoms with E-state index in [0.29, 0.717) is 12.3 Å². The predicted octanol–water partition coefficient (Wildman–Crippen LogP) is 2.21. The normalized spacial score (nSPS) is 10.3. The zero-order valence-electron chi connectivity index (χ0n) is 9.52. The zero-order valence-corrected chi connectivity index (χ0v) is 11.1. The van der Waals surface area contributed by atoms with Crippen molar-refractivity contribution in [1.29, 1.82) is 0 Å². The number of benzene rings is 1. The van der Waals surface area contributed by atoms with E-state index in [9.17, 15) is 4.79 Å². The molecule has 0 bridgehead atoms. The van der Waals surface area contributed by atoms with Gasteiger partial charge in [0.25, 0.3) is 0 Å². The predicted molar refractivity (Wildman–Crippen MR) is 71.5 cm³/mol. The molecule has 0 aliphatic rings. The molecule has 5 heteroatoms. The highest BCUT2D eigenvalue weighted by atomic mass is 79.9. The lowest BCUT2D eigenvalue weighted by atomic mass is 10.2. The van der Waals surface area contributed by atoms with Gasteiger partial charge in [-0.15, -0.1) is 0 Å². The van der Waals surface area contributed by atoms with E-state index >= 15 is 0 Å². The molecule has 0 saturated carbocycles. The van der Waals surface area contributed by atoms with Crippen LogP contribution in [0.4, 0.5) is 0 Å². The topological polar surface area (TPSA) is 62.3 Å². The van der Waals surface area contributed by atoms with Crippen LogP contribution in [0.2, 0.25) is 0 Å². The summed E-state index contributed by atoms with van der Waals surface area (Å²) in [5, 5.41) is 8.87. The van der Waals surface area contributed by atoms with Crippen LogP contribution in [0.15, 0.2) is 45.8 Å². The number of H-pyrrole nitrogens is 1. The highest BCUT2D eigenvalue weighted by Crippen LogP contribution is 2.12. The minimum atomic E-state index is -0.241. The third-order valence-corrected chi connectivity index (χ3v) is 2.94. The van der Waals surface area contributed by atoms with Crippen LogP contribution in [-0.4, -0.2) is 10.1 Å². The molecule has 2 aromatic rings. The van der Waals surface area contributed by atoms with Crippen molar-refractivity contribution >= 4 is 15.9 Å². The third kappa shape index (κ3) is 3.21. The molecule has 1 aromatic heterocycles. The standard InChI is InChI=1S/C13H12BrNO3/c14-10-3-1-9(2-4-10)8-18-13-6-15-11(7-16)5-12(13)17/h1-6,16H,7-8H2,(H,15,17). The zero-order chi connectivity index (χ0) is 13.0. The molecule has 0 spiro atoms. The van der Waals surface area contributed by atoms with E-state index in [1.165, 1.54) is 12.3 Å². The van der Waals surface area contributed by atoms with Crippen LogP contribution in [0.3, 0.4) is 0 Å². The van der Waals surface area contributed by atoms with Crippen LogP contribution < -0.4 is 10.2 Å². The van der Waals surface area contributed by atoms with Gasteiger partial charge < -0.3 is 14.8 Å². The fraction of sp³-hybridized carbons (Fsp3) is 0.154. The van der Waals surface area contributed by atoms with Crippen molar-refractivity contribution in [2.75, 3.05) is 0 Å². The van der Waals surface area contributed by atoms with Gasteiger partial charge in [0.2, 0.25) is 5.43 Å². The Morgan fingerprint density at radius 1 is 1.28 bits per heavy atom. The van der Waals surface area contributed by atoms with Crippen molar-refractivity contribution in [1.82, 2.24) is 4.98 Å². The highest BCUT2D eigenvalue weighted by Gasteiger charge is 2.02. The Kier molecular flexibility index (Phi) is 4.17. The van der Waals surface area contributed by atoms with Crippen LogP contribution >= 0.6 is 15.9 Å². The molecule has 2 N–H and O–H groups in total. The number of ether oxygens (including phenoxy) is 1. The molecule has 0 unspecified atom stereocenters. The molecule has 18 heavy (non-hydrogen) atoms. The summed E-state index contributed by atoms with van der Waals surface area (Å²) in [6, 6.07) is 8.99. The summed E-state index contributed by atoms with van der Waals surface area (Å²) in [5.74, 6) is 0.245. The maximum Gasteiger partial charge on any atom is 0.223 e. The SMILES string of the molecule is O=c1cc(CO)[nH]cc1OCc1ccc(Br)cc1. The van der Waals surface area contributed by atoms with Crippen molar-refractivity contribution in [3.8, 4) is 5.75 Å². The van der Waals surface area contributed by atoms with Crippen molar-refractivity contribution in [3.63, 3.8) is 0 Å².